The van der Waals surface area contributed by atoms with Crippen molar-refractivity contribution in [2.75, 3.05) is 43.0 Å². The molecule has 3 aromatic rings. The first-order valence-electron chi connectivity index (χ1n) is 11.0. The predicted octanol–water partition coefficient (Wildman–Crippen LogP) is 4.23. The van der Waals surface area contributed by atoms with E-state index in [2.05, 4.69) is 10.2 Å². The molecule has 0 bridgehead atoms. The van der Waals surface area contributed by atoms with Gasteiger partial charge in [-0.1, -0.05) is 23.7 Å². The van der Waals surface area contributed by atoms with Crippen LogP contribution in [0, 0.1) is 10.1 Å². The fraction of sp³-hybridized carbons (Fsp3) is 0.200. The zero-order chi connectivity index (χ0) is 24.8. The predicted molar refractivity (Wildman–Crippen MR) is 133 cm³/mol. The third-order valence-electron chi connectivity index (χ3n) is 5.59. The fourth-order valence-electron chi connectivity index (χ4n) is 3.77. The molecule has 1 aliphatic heterocycles. The zero-order valence-electron chi connectivity index (χ0n) is 18.7. The smallest absolute Gasteiger partial charge is 0.310 e. The second-order valence-corrected chi connectivity index (χ2v) is 8.33. The van der Waals surface area contributed by atoms with E-state index in [0.717, 1.165) is 5.69 Å². The van der Waals surface area contributed by atoms with Crippen molar-refractivity contribution in [1.82, 2.24) is 4.90 Å². The number of carbonyl (C=O) groups excluding carboxylic acids is 2. The van der Waals surface area contributed by atoms with E-state index in [0.29, 0.717) is 42.5 Å². The van der Waals surface area contributed by atoms with E-state index in [1.54, 1.807) is 42.5 Å². The van der Waals surface area contributed by atoms with Crippen LogP contribution in [-0.4, -0.2) is 54.4 Å². The quantitative estimate of drug-likeness (QED) is 0.389. The number of nitro groups is 1. The number of hydrogen-bond acceptors (Lipinski definition) is 6. The van der Waals surface area contributed by atoms with Crippen molar-refractivity contribution in [3.8, 4) is 5.75 Å². The first-order chi connectivity index (χ1) is 16.9. The number of anilines is 2. The van der Waals surface area contributed by atoms with Crippen LogP contribution in [0.5, 0.6) is 5.75 Å². The Morgan fingerprint density at radius 3 is 2.26 bits per heavy atom. The Balaban J connectivity index is 1.27. The molecule has 1 N–H and O–H groups in total. The average molecular weight is 495 g/mol. The molecule has 10 heteroatoms. The first kappa shape index (κ1) is 24.0. The van der Waals surface area contributed by atoms with Gasteiger partial charge in [0, 0.05) is 54.2 Å². The molecule has 0 unspecified atom stereocenters. The van der Waals surface area contributed by atoms with Crippen molar-refractivity contribution in [3.05, 3.63) is 93.5 Å². The summed E-state index contributed by atoms with van der Waals surface area (Å²) < 4.78 is 5.32. The van der Waals surface area contributed by atoms with Crippen LogP contribution in [0.1, 0.15) is 10.4 Å². The minimum Gasteiger partial charge on any atom is -0.477 e. The highest BCUT2D eigenvalue weighted by Crippen LogP contribution is 2.26. The van der Waals surface area contributed by atoms with Gasteiger partial charge in [-0.3, -0.25) is 19.7 Å². The van der Waals surface area contributed by atoms with E-state index in [1.165, 1.54) is 18.2 Å². The summed E-state index contributed by atoms with van der Waals surface area (Å²) in [6.45, 7) is 2.23. The Hall–Kier alpha value is -4.11. The lowest BCUT2D eigenvalue weighted by atomic mass is 10.1. The number of nitrogens with zero attached hydrogens (tertiary/aromatic N) is 3. The van der Waals surface area contributed by atoms with Crippen LogP contribution in [0.4, 0.5) is 17.1 Å². The van der Waals surface area contributed by atoms with E-state index >= 15 is 0 Å². The van der Waals surface area contributed by atoms with Crippen LogP contribution in [0.15, 0.2) is 72.8 Å². The highest BCUT2D eigenvalue weighted by atomic mass is 35.5. The van der Waals surface area contributed by atoms with Gasteiger partial charge in [-0.15, -0.1) is 0 Å². The second kappa shape index (κ2) is 10.9. The molecule has 0 atom stereocenters. The Kier molecular flexibility index (Phi) is 7.47. The van der Waals surface area contributed by atoms with Gasteiger partial charge in [0.1, 0.15) is 0 Å². The average Bonchev–Trinajstić information content (AvgIpc) is 2.88. The van der Waals surface area contributed by atoms with Gasteiger partial charge >= 0.3 is 5.69 Å². The molecule has 1 aliphatic rings. The Labute approximate surface area is 207 Å². The minimum absolute atomic E-state index is 0.0116. The number of ether oxygens (including phenoxy) is 1. The fourth-order valence-corrected chi connectivity index (χ4v) is 3.89. The summed E-state index contributed by atoms with van der Waals surface area (Å²) >= 11 is 5.90. The van der Waals surface area contributed by atoms with Crippen molar-refractivity contribution >= 4 is 40.5 Å². The standard InChI is InChI=1S/C25H23ClN4O5/c26-19-7-5-18(6-8-19)25(32)29-15-13-28(14-16-29)21-11-9-20(10-12-21)27-24(31)17-35-23-4-2-1-3-22(23)30(33)34/h1-12H,13-17H2,(H,27,31). The Morgan fingerprint density at radius 2 is 1.60 bits per heavy atom. The van der Waals surface area contributed by atoms with Crippen molar-refractivity contribution in [3.63, 3.8) is 0 Å². The summed E-state index contributed by atoms with van der Waals surface area (Å²) in [5.74, 6) is -0.399. The summed E-state index contributed by atoms with van der Waals surface area (Å²) in [7, 11) is 0. The van der Waals surface area contributed by atoms with Crippen LogP contribution in [0.3, 0.4) is 0 Å². The van der Waals surface area contributed by atoms with Crippen molar-refractivity contribution in [2.45, 2.75) is 0 Å². The topological polar surface area (TPSA) is 105 Å². The molecule has 0 aromatic heterocycles. The summed E-state index contributed by atoms with van der Waals surface area (Å²) in [5.41, 5.74) is 1.99. The van der Waals surface area contributed by atoms with Gasteiger partial charge in [0.05, 0.1) is 4.92 Å². The number of carbonyl (C=O) groups is 2. The lowest BCUT2D eigenvalue weighted by Crippen LogP contribution is -2.48. The highest BCUT2D eigenvalue weighted by Gasteiger charge is 2.22. The molecule has 1 fully saturated rings. The molecule has 2 amide bonds. The van der Waals surface area contributed by atoms with Gasteiger partial charge in [0.2, 0.25) is 0 Å². The van der Waals surface area contributed by atoms with E-state index in [9.17, 15) is 19.7 Å². The van der Waals surface area contributed by atoms with Gasteiger partial charge in [-0.2, -0.15) is 0 Å². The lowest BCUT2D eigenvalue weighted by molar-refractivity contribution is -0.385. The van der Waals surface area contributed by atoms with Crippen LogP contribution < -0.4 is 15.0 Å². The maximum Gasteiger partial charge on any atom is 0.310 e. The van der Waals surface area contributed by atoms with Crippen molar-refractivity contribution in [1.29, 1.82) is 0 Å². The zero-order valence-corrected chi connectivity index (χ0v) is 19.5. The number of hydrogen-bond donors (Lipinski definition) is 1. The van der Waals surface area contributed by atoms with Crippen LogP contribution in [0.2, 0.25) is 5.02 Å². The molecule has 3 aromatic carbocycles. The molecule has 0 saturated carbocycles. The Morgan fingerprint density at radius 1 is 0.943 bits per heavy atom. The molecule has 9 nitrogen and oxygen atoms in total. The van der Waals surface area contributed by atoms with Gasteiger partial charge in [-0.05, 0) is 54.6 Å². The number of piperazine rings is 1. The van der Waals surface area contributed by atoms with E-state index in [4.69, 9.17) is 16.3 Å². The van der Waals surface area contributed by atoms with E-state index < -0.39 is 10.8 Å². The molecular weight excluding hydrogens is 472 g/mol. The normalized spacial score (nSPS) is 13.3. The number of para-hydroxylation sites is 2. The number of rotatable bonds is 7. The molecule has 35 heavy (non-hydrogen) atoms. The SMILES string of the molecule is O=C(COc1ccccc1[N+](=O)[O-])Nc1ccc(N2CCN(C(=O)c3ccc(Cl)cc3)CC2)cc1. The molecule has 1 heterocycles. The summed E-state index contributed by atoms with van der Waals surface area (Å²) in [5, 5.41) is 14.4. The number of amides is 2. The van der Waals surface area contributed by atoms with E-state index in [1.807, 2.05) is 17.0 Å². The molecule has 180 valence electrons. The van der Waals surface area contributed by atoms with Crippen molar-refractivity contribution < 1.29 is 19.2 Å². The lowest BCUT2D eigenvalue weighted by Gasteiger charge is -2.36. The molecule has 1 saturated heterocycles. The van der Waals surface area contributed by atoms with Gasteiger partial charge in [-0.25, -0.2) is 0 Å². The highest BCUT2D eigenvalue weighted by molar-refractivity contribution is 6.30. The second-order valence-electron chi connectivity index (χ2n) is 7.89. The van der Waals surface area contributed by atoms with Crippen LogP contribution in [-0.2, 0) is 4.79 Å². The maximum atomic E-state index is 12.7. The summed E-state index contributed by atoms with van der Waals surface area (Å²) in [4.78, 5) is 39.4. The number of nitrogens with one attached hydrogen (secondary N) is 1. The first-order valence-corrected chi connectivity index (χ1v) is 11.3. The molecule has 0 aliphatic carbocycles. The Bertz CT molecular complexity index is 1210. The summed E-state index contributed by atoms with van der Waals surface area (Å²) in [6, 6.07) is 20.1. The molecular formula is C25H23ClN4O5. The molecule has 4 rings (SSSR count). The monoisotopic (exact) mass is 494 g/mol. The number of nitro benzene ring substituents is 1. The van der Waals surface area contributed by atoms with Gasteiger partial charge < -0.3 is 19.9 Å². The van der Waals surface area contributed by atoms with Gasteiger partial charge in [0.15, 0.2) is 12.4 Å². The molecule has 0 radical (unpaired) electrons. The third-order valence-corrected chi connectivity index (χ3v) is 5.85. The van der Waals surface area contributed by atoms with Gasteiger partial charge in [0.25, 0.3) is 11.8 Å². The van der Waals surface area contributed by atoms with Crippen LogP contribution >= 0.6 is 11.6 Å². The minimum atomic E-state index is -0.556. The largest absolute Gasteiger partial charge is 0.477 e. The van der Waals surface area contributed by atoms with Crippen LogP contribution in [0.25, 0.3) is 0 Å². The van der Waals surface area contributed by atoms with E-state index in [-0.39, 0.29) is 24.0 Å². The third kappa shape index (κ3) is 6.07. The summed E-state index contributed by atoms with van der Waals surface area (Å²) in [6.07, 6.45) is 0. The molecule has 0 spiro atoms. The number of benzene rings is 3. The maximum absolute atomic E-state index is 12.7. The number of halogens is 1. The van der Waals surface area contributed by atoms with Crippen molar-refractivity contribution in [2.24, 2.45) is 0 Å².